The number of aromatic hydroxyl groups is 1. The molecular weight excluding hydrogens is 346 g/mol. The Morgan fingerprint density at radius 2 is 1.82 bits per heavy atom. The topological polar surface area (TPSA) is 97.0 Å². The lowest BCUT2D eigenvalue weighted by molar-refractivity contribution is 0.477. The van der Waals surface area contributed by atoms with Crippen molar-refractivity contribution in [1.29, 1.82) is 0 Å². The molecule has 2 aromatic carbocycles. The molecule has 0 bridgehead atoms. The van der Waals surface area contributed by atoms with Gasteiger partial charge in [0.15, 0.2) is 5.82 Å². The number of rotatable bonds is 3. The van der Waals surface area contributed by atoms with Crippen LogP contribution in [-0.2, 0) is 0 Å². The van der Waals surface area contributed by atoms with Gasteiger partial charge in [-0.15, -0.1) is 0 Å². The van der Waals surface area contributed by atoms with E-state index in [0.717, 1.165) is 10.0 Å². The van der Waals surface area contributed by atoms with E-state index in [1.54, 1.807) is 24.3 Å². The van der Waals surface area contributed by atoms with Gasteiger partial charge in [-0.05, 0) is 24.3 Å². The summed E-state index contributed by atoms with van der Waals surface area (Å²) in [5, 5.41) is 12.7. The molecule has 3 aromatic rings. The number of para-hydroxylation sites is 2. The van der Waals surface area contributed by atoms with E-state index < -0.39 is 0 Å². The van der Waals surface area contributed by atoms with Crippen LogP contribution in [0.4, 0.5) is 17.6 Å². The fourth-order valence-electron chi connectivity index (χ4n) is 1.90. The van der Waals surface area contributed by atoms with Crippen molar-refractivity contribution in [3.05, 3.63) is 53.0 Å². The minimum Gasteiger partial charge on any atom is -0.506 e. The van der Waals surface area contributed by atoms with Crippen molar-refractivity contribution < 1.29 is 5.11 Å². The summed E-state index contributed by atoms with van der Waals surface area (Å²) in [6, 6.07) is 14.4. The van der Waals surface area contributed by atoms with E-state index in [1.807, 2.05) is 24.3 Å². The van der Waals surface area contributed by atoms with Gasteiger partial charge < -0.3 is 16.2 Å². The second kappa shape index (κ2) is 5.98. The van der Waals surface area contributed by atoms with Crippen LogP contribution in [0.1, 0.15) is 0 Å². The molecule has 4 N–H and O–H groups in total. The van der Waals surface area contributed by atoms with Crippen molar-refractivity contribution in [1.82, 2.24) is 15.0 Å². The Kier molecular flexibility index (Phi) is 3.88. The predicted molar refractivity (Wildman–Crippen MR) is 88.8 cm³/mol. The Labute approximate surface area is 135 Å². The Bertz CT molecular complexity index is 825. The third-order valence-electron chi connectivity index (χ3n) is 2.89. The zero-order valence-corrected chi connectivity index (χ0v) is 12.9. The van der Waals surface area contributed by atoms with Gasteiger partial charge in [0.1, 0.15) is 5.75 Å². The smallest absolute Gasteiger partial charge is 0.232 e. The number of nitrogen functional groups attached to an aromatic ring is 1. The van der Waals surface area contributed by atoms with Crippen LogP contribution in [0.2, 0.25) is 0 Å². The number of nitrogens with zero attached hydrogens (tertiary/aromatic N) is 3. The highest BCUT2D eigenvalue weighted by Crippen LogP contribution is 2.26. The Hall–Kier alpha value is -2.67. The first-order chi connectivity index (χ1) is 10.6. The summed E-state index contributed by atoms with van der Waals surface area (Å²) in [5.74, 6) is 0.920. The maximum atomic E-state index is 9.79. The molecule has 6 nitrogen and oxygen atoms in total. The summed E-state index contributed by atoms with van der Waals surface area (Å²) in [6.07, 6.45) is 0. The van der Waals surface area contributed by atoms with Crippen LogP contribution in [0.15, 0.2) is 53.0 Å². The van der Waals surface area contributed by atoms with Crippen LogP contribution in [0, 0.1) is 0 Å². The molecule has 0 spiro atoms. The first-order valence-electron chi connectivity index (χ1n) is 6.44. The van der Waals surface area contributed by atoms with E-state index in [2.05, 4.69) is 36.2 Å². The second-order valence-corrected chi connectivity index (χ2v) is 5.41. The number of aromatic nitrogens is 3. The monoisotopic (exact) mass is 357 g/mol. The number of halogens is 1. The highest BCUT2D eigenvalue weighted by Gasteiger charge is 2.09. The number of nitrogens with two attached hydrogens (primary N) is 1. The summed E-state index contributed by atoms with van der Waals surface area (Å²) in [6.45, 7) is 0. The van der Waals surface area contributed by atoms with Gasteiger partial charge in [-0.1, -0.05) is 40.2 Å². The number of phenolic OH excluding ortho intramolecular Hbond substituents is 1. The molecule has 0 amide bonds. The molecule has 22 heavy (non-hydrogen) atoms. The molecule has 0 aliphatic heterocycles. The van der Waals surface area contributed by atoms with Crippen LogP contribution in [0.25, 0.3) is 11.4 Å². The number of hydrogen-bond donors (Lipinski definition) is 3. The van der Waals surface area contributed by atoms with Crippen molar-refractivity contribution in [2.75, 3.05) is 11.1 Å². The largest absolute Gasteiger partial charge is 0.506 e. The molecule has 0 fully saturated rings. The fourth-order valence-corrected chi connectivity index (χ4v) is 2.30. The number of nitrogens with one attached hydrogen (secondary N) is 1. The molecule has 0 radical (unpaired) electrons. The van der Waals surface area contributed by atoms with Gasteiger partial charge in [0.25, 0.3) is 0 Å². The van der Waals surface area contributed by atoms with Crippen molar-refractivity contribution in [2.24, 2.45) is 0 Å². The summed E-state index contributed by atoms with van der Waals surface area (Å²) < 4.78 is 0.916. The highest BCUT2D eigenvalue weighted by atomic mass is 79.9. The fraction of sp³-hybridized carbons (Fsp3) is 0. The molecule has 7 heteroatoms. The quantitative estimate of drug-likeness (QED) is 0.622. The van der Waals surface area contributed by atoms with Crippen LogP contribution in [0.5, 0.6) is 5.75 Å². The molecule has 1 heterocycles. The van der Waals surface area contributed by atoms with Crippen LogP contribution >= 0.6 is 15.9 Å². The van der Waals surface area contributed by atoms with Gasteiger partial charge in [0.05, 0.1) is 5.69 Å². The molecule has 0 aliphatic carbocycles. The standard InChI is InChI=1S/C15H12BrN5O/c16-10-5-3-4-9(8-10)13-19-14(17)21-15(20-13)18-11-6-1-2-7-12(11)22/h1-8,22H,(H3,17,18,19,20,21). The van der Waals surface area contributed by atoms with Gasteiger partial charge in [-0.25, -0.2) is 0 Å². The van der Waals surface area contributed by atoms with E-state index in [1.165, 1.54) is 0 Å². The van der Waals surface area contributed by atoms with Gasteiger partial charge in [0, 0.05) is 10.0 Å². The van der Waals surface area contributed by atoms with Gasteiger partial charge in [-0.3, -0.25) is 0 Å². The van der Waals surface area contributed by atoms with E-state index in [4.69, 9.17) is 5.73 Å². The maximum Gasteiger partial charge on any atom is 0.232 e. The number of benzene rings is 2. The SMILES string of the molecule is Nc1nc(Nc2ccccc2O)nc(-c2cccc(Br)c2)n1. The van der Waals surface area contributed by atoms with Crippen LogP contribution in [0.3, 0.4) is 0 Å². The molecule has 110 valence electrons. The van der Waals surface area contributed by atoms with Gasteiger partial charge in [-0.2, -0.15) is 15.0 Å². The van der Waals surface area contributed by atoms with E-state index in [9.17, 15) is 5.11 Å². The highest BCUT2D eigenvalue weighted by molar-refractivity contribution is 9.10. The predicted octanol–water partition coefficient (Wildman–Crippen LogP) is 3.33. The maximum absolute atomic E-state index is 9.79. The average Bonchev–Trinajstić information content (AvgIpc) is 2.49. The first-order valence-corrected chi connectivity index (χ1v) is 7.23. The Balaban J connectivity index is 1.98. The molecule has 0 aliphatic rings. The summed E-state index contributed by atoms with van der Waals surface area (Å²) in [4.78, 5) is 12.5. The lowest BCUT2D eigenvalue weighted by Crippen LogP contribution is -2.05. The number of hydrogen-bond acceptors (Lipinski definition) is 6. The molecular formula is C15H12BrN5O. The molecule has 1 aromatic heterocycles. The minimum absolute atomic E-state index is 0.0999. The molecule has 0 atom stereocenters. The summed E-state index contributed by atoms with van der Waals surface area (Å²) in [5.41, 5.74) is 7.05. The zero-order chi connectivity index (χ0) is 15.5. The third-order valence-corrected chi connectivity index (χ3v) is 3.38. The van der Waals surface area contributed by atoms with Crippen LogP contribution in [-0.4, -0.2) is 20.1 Å². The first kappa shape index (κ1) is 14.3. The van der Waals surface area contributed by atoms with E-state index in [-0.39, 0.29) is 17.6 Å². The lowest BCUT2D eigenvalue weighted by Gasteiger charge is -2.08. The molecule has 3 rings (SSSR count). The lowest BCUT2D eigenvalue weighted by atomic mass is 10.2. The summed E-state index contributed by atoms with van der Waals surface area (Å²) >= 11 is 3.41. The zero-order valence-electron chi connectivity index (χ0n) is 11.4. The number of anilines is 3. The molecule has 0 saturated carbocycles. The Morgan fingerprint density at radius 3 is 2.59 bits per heavy atom. The van der Waals surface area contributed by atoms with Crippen molar-refractivity contribution >= 4 is 33.5 Å². The van der Waals surface area contributed by atoms with Crippen LogP contribution < -0.4 is 11.1 Å². The van der Waals surface area contributed by atoms with Gasteiger partial charge in [0.2, 0.25) is 11.9 Å². The molecule has 0 saturated heterocycles. The second-order valence-electron chi connectivity index (χ2n) is 4.49. The van der Waals surface area contributed by atoms with Crippen molar-refractivity contribution in [3.8, 4) is 17.1 Å². The van der Waals surface area contributed by atoms with E-state index in [0.29, 0.717) is 11.5 Å². The third kappa shape index (κ3) is 3.15. The van der Waals surface area contributed by atoms with Gasteiger partial charge >= 0.3 is 0 Å². The summed E-state index contributed by atoms with van der Waals surface area (Å²) in [7, 11) is 0. The Morgan fingerprint density at radius 1 is 1.00 bits per heavy atom. The normalized spacial score (nSPS) is 10.4. The minimum atomic E-state index is 0.0999. The van der Waals surface area contributed by atoms with Crippen molar-refractivity contribution in [3.63, 3.8) is 0 Å². The molecule has 0 unspecified atom stereocenters. The van der Waals surface area contributed by atoms with Crippen molar-refractivity contribution in [2.45, 2.75) is 0 Å². The average molecular weight is 358 g/mol. The number of phenols is 1. The van der Waals surface area contributed by atoms with E-state index >= 15 is 0 Å².